The normalized spacial score (nSPS) is 25.0. The molecular weight excluding hydrogens is 653 g/mol. The molecule has 3 aliphatic rings. The van der Waals surface area contributed by atoms with E-state index < -0.39 is 40.1 Å². The molecule has 14 heteroatoms. The van der Waals surface area contributed by atoms with Crippen molar-refractivity contribution in [3.63, 3.8) is 0 Å². The summed E-state index contributed by atoms with van der Waals surface area (Å²) < 4.78 is 90.3. The Morgan fingerprint density at radius 2 is 1.75 bits per heavy atom. The summed E-state index contributed by atoms with van der Waals surface area (Å²) in [6.07, 6.45) is -4.58. The maximum atomic E-state index is 13.9. The van der Waals surface area contributed by atoms with Crippen LogP contribution in [0.4, 0.5) is 13.2 Å². The fourth-order valence-corrected chi connectivity index (χ4v) is 8.66. The van der Waals surface area contributed by atoms with Crippen LogP contribution in [0.15, 0.2) is 70.1 Å². The fraction of sp³-hybridized carbons (Fsp3) is 0.529. The largest absolute Gasteiger partial charge is 0.468 e. The van der Waals surface area contributed by atoms with Gasteiger partial charge in [0.05, 0.1) is 36.8 Å². The molecule has 0 amide bonds. The molecule has 3 fully saturated rings. The summed E-state index contributed by atoms with van der Waals surface area (Å²) in [4.78, 5) is 16.6. The molecule has 3 aromatic rings. The van der Waals surface area contributed by atoms with Crippen molar-refractivity contribution in [2.75, 3.05) is 26.3 Å². The summed E-state index contributed by atoms with van der Waals surface area (Å²) in [7, 11) is -4.17. The van der Waals surface area contributed by atoms with Gasteiger partial charge in [-0.25, -0.2) is 13.4 Å². The van der Waals surface area contributed by atoms with Gasteiger partial charge in [-0.05, 0) is 48.6 Å². The monoisotopic (exact) mass is 692 g/mol. The van der Waals surface area contributed by atoms with Gasteiger partial charge in [-0.1, -0.05) is 44.2 Å². The number of aliphatic hydroxyl groups excluding tert-OH is 1. The highest BCUT2D eigenvalue weighted by Crippen LogP contribution is 2.49. The first-order valence-electron chi connectivity index (χ1n) is 16.1. The number of aliphatic hydroxyl groups is 1. The Balaban J connectivity index is 1.19. The standard InChI is InChI=1S/C34H39F3N2O8S/c1-20(2)16-39(48(42,43)25-10-8-22(9-11-25)29-15-38-33(46-29)34(35,36)37)17-28(40)23(12-21-6-4-3-5-7-21)14-30(41)47-31-24-13-26-27(31)19-45-32(26)44-18-24/h3-11,15,20,23-24,26-28,31-32,40H,12-14,16-19H2,1-2H3/t23-,24-,26?,27?,28-,31?,32?/m1/s1. The van der Waals surface area contributed by atoms with Gasteiger partial charge in [0.25, 0.3) is 0 Å². The summed E-state index contributed by atoms with van der Waals surface area (Å²) in [5.74, 6) is -2.44. The molecule has 0 spiro atoms. The topological polar surface area (TPSA) is 128 Å². The van der Waals surface area contributed by atoms with Crippen LogP contribution < -0.4 is 0 Å². The van der Waals surface area contributed by atoms with Crippen LogP contribution in [0.25, 0.3) is 11.3 Å². The van der Waals surface area contributed by atoms with Crippen molar-refractivity contribution in [2.45, 2.75) is 62.7 Å². The lowest BCUT2D eigenvalue weighted by molar-refractivity contribution is -0.178. The van der Waals surface area contributed by atoms with Gasteiger partial charge in [-0.15, -0.1) is 0 Å². The molecule has 2 saturated heterocycles. The Morgan fingerprint density at radius 1 is 1.04 bits per heavy atom. The molecule has 10 nitrogen and oxygen atoms in total. The average molecular weight is 693 g/mol. The molecule has 1 aliphatic carbocycles. The molecule has 2 bridgehead atoms. The number of alkyl halides is 3. The predicted molar refractivity (Wildman–Crippen MR) is 165 cm³/mol. The van der Waals surface area contributed by atoms with Crippen LogP contribution in [0.1, 0.15) is 38.1 Å². The van der Waals surface area contributed by atoms with E-state index in [-0.39, 0.29) is 71.8 Å². The molecule has 1 N–H and O–H groups in total. The van der Waals surface area contributed by atoms with E-state index in [0.29, 0.717) is 19.6 Å². The van der Waals surface area contributed by atoms with Crippen LogP contribution in [-0.2, 0) is 41.6 Å². The second kappa shape index (κ2) is 13.9. The van der Waals surface area contributed by atoms with E-state index >= 15 is 0 Å². The number of halogens is 3. The number of oxazole rings is 1. The Morgan fingerprint density at radius 3 is 2.42 bits per heavy atom. The van der Waals surface area contributed by atoms with Gasteiger partial charge in [0.2, 0.25) is 10.0 Å². The van der Waals surface area contributed by atoms with Crippen LogP contribution in [-0.4, -0.2) is 73.6 Å². The van der Waals surface area contributed by atoms with Gasteiger partial charge in [0.1, 0.15) is 6.10 Å². The number of fused-ring (bicyclic) bond motifs is 1. The van der Waals surface area contributed by atoms with E-state index in [2.05, 4.69) is 4.98 Å². The number of ether oxygens (including phenoxy) is 3. The van der Waals surface area contributed by atoms with Crippen LogP contribution in [0.2, 0.25) is 0 Å². The summed E-state index contributed by atoms with van der Waals surface area (Å²) in [5, 5.41) is 11.6. The molecule has 1 aromatic heterocycles. The van der Waals surface area contributed by atoms with E-state index in [9.17, 15) is 31.5 Å². The maximum absolute atomic E-state index is 13.9. The Labute approximate surface area is 277 Å². The van der Waals surface area contributed by atoms with Crippen molar-refractivity contribution < 1.29 is 50.1 Å². The van der Waals surface area contributed by atoms with Crippen molar-refractivity contribution in [2.24, 2.45) is 29.6 Å². The Kier molecular flexibility index (Phi) is 10.0. The molecule has 2 aromatic carbocycles. The number of benzene rings is 2. The van der Waals surface area contributed by atoms with Gasteiger partial charge in [-0.2, -0.15) is 17.5 Å². The van der Waals surface area contributed by atoms with Crippen molar-refractivity contribution in [3.8, 4) is 11.3 Å². The highest BCUT2D eigenvalue weighted by Gasteiger charge is 2.56. The zero-order valence-corrected chi connectivity index (χ0v) is 27.4. The van der Waals surface area contributed by atoms with E-state index in [1.165, 1.54) is 28.6 Å². The highest BCUT2D eigenvalue weighted by atomic mass is 32.2. The van der Waals surface area contributed by atoms with E-state index in [1.54, 1.807) is 0 Å². The number of hydrogen-bond acceptors (Lipinski definition) is 9. The number of hydrogen-bond donors (Lipinski definition) is 1. The SMILES string of the molecule is CC(C)CN(C[C@@H](O)[C@@H](CC(=O)OC1C2COC3OC[C@H]1CC32)Cc1ccccc1)S(=O)(=O)c1ccc(-c2cnc(C(F)(F)F)o2)cc1. The first-order chi connectivity index (χ1) is 22.8. The number of carbonyl (C=O) groups is 1. The van der Waals surface area contributed by atoms with Crippen LogP contribution in [0.5, 0.6) is 0 Å². The molecule has 4 unspecified atom stereocenters. The van der Waals surface area contributed by atoms with E-state index in [0.717, 1.165) is 18.2 Å². The number of aromatic nitrogens is 1. The average Bonchev–Trinajstić information content (AvgIpc) is 3.76. The minimum absolute atomic E-state index is 0.0674. The van der Waals surface area contributed by atoms with E-state index in [1.807, 2.05) is 44.2 Å². The molecule has 260 valence electrons. The van der Waals surface area contributed by atoms with E-state index in [4.69, 9.17) is 18.6 Å². The molecular formula is C34H39F3N2O8S. The number of rotatable bonds is 13. The van der Waals surface area contributed by atoms with Crippen LogP contribution >= 0.6 is 0 Å². The lowest BCUT2D eigenvalue weighted by Crippen LogP contribution is -2.43. The maximum Gasteiger partial charge on any atom is 0.468 e. The first kappa shape index (κ1) is 34.6. The van der Waals surface area contributed by atoms with Gasteiger partial charge < -0.3 is 23.7 Å². The fourth-order valence-electron chi connectivity index (χ4n) is 7.04. The van der Waals surface area contributed by atoms with Gasteiger partial charge in [-0.3, -0.25) is 4.79 Å². The van der Waals surface area contributed by atoms with Crippen molar-refractivity contribution >= 4 is 16.0 Å². The number of sulfonamides is 1. The van der Waals surface area contributed by atoms with Crippen LogP contribution in [0.3, 0.4) is 0 Å². The van der Waals surface area contributed by atoms with Crippen LogP contribution in [0, 0.1) is 29.6 Å². The zero-order chi connectivity index (χ0) is 34.2. The summed E-state index contributed by atoms with van der Waals surface area (Å²) >= 11 is 0. The quantitative estimate of drug-likeness (QED) is 0.242. The zero-order valence-electron chi connectivity index (χ0n) is 26.6. The molecule has 0 radical (unpaired) electrons. The highest BCUT2D eigenvalue weighted by molar-refractivity contribution is 7.89. The third kappa shape index (κ3) is 7.47. The van der Waals surface area contributed by atoms with Crippen molar-refractivity contribution in [1.29, 1.82) is 0 Å². The third-order valence-corrected chi connectivity index (χ3v) is 11.2. The Bertz CT molecular complexity index is 1670. The number of nitrogens with zero attached hydrogens (tertiary/aromatic N) is 2. The minimum Gasteiger partial charge on any atom is -0.462 e. The number of carbonyl (C=O) groups excluding carboxylic acids is 1. The lowest BCUT2D eigenvalue weighted by Gasteiger charge is -2.31. The predicted octanol–water partition coefficient (Wildman–Crippen LogP) is 5.17. The lowest BCUT2D eigenvalue weighted by atomic mass is 9.90. The third-order valence-electron chi connectivity index (χ3n) is 9.35. The Hall–Kier alpha value is -3.30. The summed E-state index contributed by atoms with van der Waals surface area (Å²) in [6, 6.07) is 14.6. The molecule has 3 heterocycles. The minimum atomic E-state index is -4.76. The number of esters is 1. The molecule has 48 heavy (non-hydrogen) atoms. The van der Waals surface area contributed by atoms with Crippen molar-refractivity contribution in [1.82, 2.24) is 9.29 Å². The molecule has 6 rings (SSSR count). The van der Waals surface area contributed by atoms with Gasteiger partial charge >= 0.3 is 18.0 Å². The van der Waals surface area contributed by atoms with Crippen molar-refractivity contribution in [3.05, 3.63) is 72.2 Å². The van der Waals surface area contributed by atoms with Gasteiger partial charge in [0.15, 0.2) is 12.1 Å². The second-order valence-electron chi connectivity index (χ2n) is 13.3. The smallest absolute Gasteiger partial charge is 0.462 e. The molecule has 1 saturated carbocycles. The molecule has 2 aliphatic heterocycles. The summed E-state index contributed by atoms with van der Waals surface area (Å²) in [6.45, 7) is 4.41. The van der Waals surface area contributed by atoms with Gasteiger partial charge in [0, 0.05) is 42.3 Å². The summed E-state index contributed by atoms with van der Waals surface area (Å²) in [5.41, 5.74) is 1.09. The molecule has 7 atom stereocenters. The second-order valence-corrected chi connectivity index (χ2v) is 15.2. The first-order valence-corrected chi connectivity index (χ1v) is 17.5.